The van der Waals surface area contributed by atoms with Crippen molar-refractivity contribution in [1.29, 1.82) is 0 Å². The SMILES string of the molecule is COCC(=O)N1C[C@@H](C)[C@@H](OC)CN(C)C(=O)c2ccc(NC(=O)C3CCC3)cc2OC[C@H]1C. The smallest absolute Gasteiger partial charge is 0.257 e. The molecule has 1 aliphatic carbocycles. The number of anilines is 1. The fraction of sp³-hybridized carbons (Fsp3) is 0.640. The van der Waals surface area contributed by atoms with Crippen LogP contribution in [0.1, 0.15) is 43.5 Å². The molecule has 0 bridgehead atoms. The molecule has 9 heteroatoms. The minimum Gasteiger partial charge on any atom is -0.491 e. The lowest BCUT2D eigenvalue weighted by molar-refractivity contribution is -0.139. The van der Waals surface area contributed by atoms with Crippen molar-refractivity contribution in [3.05, 3.63) is 23.8 Å². The topological polar surface area (TPSA) is 97.4 Å². The van der Waals surface area contributed by atoms with Gasteiger partial charge in [0.15, 0.2) is 0 Å². The summed E-state index contributed by atoms with van der Waals surface area (Å²) in [5, 5.41) is 2.94. The van der Waals surface area contributed by atoms with E-state index in [4.69, 9.17) is 14.2 Å². The molecule has 0 radical (unpaired) electrons. The van der Waals surface area contributed by atoms with E-state index in [2.05, 4.69) is 5.32 Å². The zero-order chi connectivity index (χ0) is 24.8. The molecule has 3 amide bonds. The fourth-order valence-electron chi connectivity index (χ4n) is 4.32. The van der Waals surface area contributed by atoms with Gasteiger partial charge in [-0.2, -0.15) is 0 Å². The Kier molecular flexibility index (Phi) is 8.90. The van der Waals surface area contributed by atoms with Crippen molar-refractivity contribution in [3.8, 4) is 5.75 Å². The van der Waals surface area contributed by atoms with Crippen molar-refractivity contribution in [1.82, 2.24) is 9.80 Å². The lowest BCUT2D eigenvalue weighted by atomic mass is 9.85. The fourth-order valence-corrected chi connectivity index (χ4v) is 4.32. The third-order valence-corrected chi connectivity index (χ3v) is 6.78. The van der Waals surface area contributed by atoms with Crippen LogP contribution >= 0.6 is 0 Å². The van der Waals surface area contributed by atoms with E-state index in [0.29, 0.717) is 30.1 Å². The van der Waals surface area contributed by atoms with Gasteiger partial charge in [-0.3, -0.25) is 14.4 Å². The molecule has 3 rings (SSSR count). The normalized spacial score (nSPS) is 24.3. The van der Waals surface area contributed by atoms with Crippen molar-refractivity contribution in [3.63, 3.8) is 0 Å². The van der Waals surface area contributed by atoms with E-state index >= 15 is 0 Å². The quantitative estimate of drug-likeness (QED) is 0.703. The molecule has 0 spiro atoms. The third-order valence-electron chi connectivity index (χ3n) is 6.78. The van der Waals surface area contributed by atoms with Crippen LogP contribution in [0.5, 0.6) is 5.75 Å². The number of methoxy groups -OCH3 is 2. The van der Waals surface area contributed by atoms with Gasteiger partial charge in [0.2, 0.25) is 11.8 Å². The van der Waals surface area contributed by atoms with Gasteiger partial charge in [0, 0.05) is 57.9 Å². The molecular weight excluding hydrogens is 438 g/mol. The van der Waals surface area contributed by atoms with Crippen molar-refractivity contribution in [2.45, 2.75) is 45.3 Å². The van der Waals surface area contributed by atoms with Gasteiger partial charge in [-0.15, -0.1) is 0 Å². The Hall–Kier alpha value is -2.65. The summed E-state index contributed by atoms with van der Waals surface area (Å²) < 4.78 is 16.9. The van der Waals surface area contributed by atoms with Crippen molar-refractivity contribution < 1.29 is 28.6 Å². The van der Waals surface area contributed by atoms with Gasteiger partial charge in [0.05, 0.1) is 17.7 Å². The molecule has 188 valence electrons. The minimum atomic E-state index is -0.268. The first kappa shape index (κ1) is 26.0. The van der Waals surface area contributed by atoms with Crippen molar-refractivity contribution in [2.24, 2.45) is 11.8 Å². The number of carbonyl (C=O) groups is 3. The van der Waals surface area contributed by atoms with Crippen LogP contribution < -0.4 is 10.1 Å². The van der Waals surface area contributed by atoms with Crippen molar-refractivity contribution >= 4 is 23.4 Å². The molecule has 1 aromatic rings. The summed E-state index contributed by atoms with van der Waals surface area (Å²) in [5.41, 5.74) is 0.982. The second-order valence-corrected chi connectivity index (χ2v) is 9.40. The molecule has 1 heterocycles. The van der Waals surface area contributed by atoms with Crippen LogP contribution in [0, 0.1) is 11.8 Å². The molecule has 9 nitrogen and oxygen atoms in total. The van der Waals surface area contributed by atoms with Crippen LogP contribution in [0.3, 0.4) is 0 Å². The summed E-state index contributed by atoms with van der Waals surface area (Å²) >= 11 is 0. The van der Waals surface area contributed by atoms with Gasteiger partial charge in [0.25, 0.3) is 5.91 Å². The Bertz CT molecular complexity index is 887. The largest absolute Gasteiger partial charge is 0.491 e. The number of nitrogens with zero attached hydrogens (tertiary/aromatic N) is 2. The van der Waals surface area contributed by atoms with E-state index in [1.54, 1.807) is 42.2 Å². The number of benzene rings is 1. The highest BCUT2D eigenvalue weighted by molar-refractivity contribution is 5.99. The average Bonchev–Trinajstić information content (AvgIpc) is 2.77. The molecule has 3 atom stereocenters. The van der Waals surface area contributed by atoms with Crippen LogP contribution in [0.4, 0.5) is 5.69 Å². The first-order chi connectivity index (χ1) is 16.2. The van der Waals surface area contributed by atoms with E-state index in [1.165, 1.54) is 7.11 Å². The van der Waals surface area contributed by atoms with Crippen LogP contribution in [0.15, 0.2) is 18.2 Å². The number of likely N-dealkylation sites (N-methyl/N-ethyl adjacent to an activating group) is 1. The van der Waals surface area contributed by atoms with E-state index in [1.807, 2.05) is 13.8 Å². The molecule has 1 aliphatic heterocycles. The number of nitrogens with one attached hydrogen (secondary N) is 1. The Morgan fingerprint density at radius 3 is 2.53 bits per heavy atom. The Balaban J connectivity index is 1.91. The summed E-state index contributed by atoms with van der Waals surface area (Å²) in [6, 6.07) is 4.83. The van der Waals surface area contributed by atoms with Gasteiger partial charge in [-0.25, -0.2) is 0 Å². The molecule has 1 saturated carbocycles. The van der Waals surface area contributed by atoms with E-state index in [0.717, 1.165) is 19.3 Å². The maximum absolute atomic E-state index is 13.3. The maximum atomic E-state index is 13.3. The predicted octanol–water partition coefficient (Wildman–Crippen LogP) is 2.40. The summed E-state index contributed by atoms with van der Waals surface area (Å²) in [7, 11) is 4.83. The number of amides is 3. The van der Waals surface area contributed by atoms with Gasteiger partial charge in [0.1, 0.15) is 19.0 Å². The summed E-state index contributed by atoms with van der Waals surface area (Å²) in [5.74, 6) is 0.0565. The zero-order valence-electron chi connectivity index (χ0n) is 20.8. The number of fused-ring (bicyclic) bond motifs is 1. The summed E-state index contributed by atoms with van der Waals surface area (Å²) in [4.78, 5) is 41.8. The van der Waals surface area contributed by atoms with E-state index in [9.17, 15) is 14.4 Å². The van der Waals surface area contributed by atoms with Gasteiger partial charge < -0.3 is 29.3 Å². The molecule has 0 aromatic heterocycles. The molecule has 0 unspecified atom stereocenters. The highest BCUT2D eigenvalue weighted by atomic mass is 16.5. The molecule has 2 aliphatic rings. The number of ether oxygens (including phenoxy) is 3. The minimum absolute atomic E-state index is 0.00979. The van der Waals surface area contributed by atoms with Crippen LogP contribution in [0.25, 0.3) is 0 Å². The van der Waals surface area contributed by atoms with E-state index in [-0.39, 0.29) is 54.9 Å². The number of rotatable bonds is 5. The van der Waals surface area contributed by atoms with Crippen LogP contribution in [-0.4, -0.2) is 87.2 Å². The summed E-state index contributed by atoms with van der Waals surface area (Å²) in [6.45, 7) is 4.87. The molecule has 34 heavy (non-hydrogen) atoms. The van der Waals surface area contributed by atoms with Gasteiger partial charge in [-0.05, 0) is 31.9 Å². The molecule has 0 saturated heterocycles. The molecule has 1 N–H and O–H groups in total. The lowest BCUT2D eigenvalue weighted by Gasteiger charge is -2.36. The first-order valence-electron chi connectivity index (χ1n) is 11.9. The monoisotopic (exact) mass is 475 g/mol. The van der Waals surface area contributed by atoms with Crippen molar-refractivity contribution in [2.75, 3.05) is 52.9 Å². The summed E-state index contributed by atoms with van der Waals surface area (Å²) in [6.07, 6.45) is 2.62. The standard InChI is InChI=1S/C25H37N3O6/c1-16-12-28(23(29)15-32-4)17(2)14-34-21-11-19(26-24(30)18-7-6-8-18)9-10-20(21)25(31)27(3)13-22(16)33-5/h9-11,16-18,22H,6-8,12-15H2,1-5H3,(H,26,30)/t16-,17-,22+/m1/s1. The Morgan fingerprint density at radius 2 is 1.91 bits per heavy atom. The first-order valence-corrected chi connectivity index (χ1v) is 11.9. The maximum Gasteiger partial charge on any atom is 0.257 e. The van der Waals surface area contributed by atoms with E-state index < -0.39 is 0 Å². The Morgan fingerprint density at radius 1 is 1.18 bits per heavy atom. The average molecular weight is 476 g/mol. The second kappa shape index (κ2) is 11.7. The Labute approximate surface area is 201 Å². The lowest BCUT2D eigenvalue weighted by Crippen LogP contribution is -2.49. The predicted molar refractivity (Wildman–Crippen MR) is 128 cm³/mol. The highest BCUT2D eigenvalue weighted by Crippen LogP contribution is 2.30. The van der Waals surface area contributed by atoms with Crippen LogP contribution in [0.2, 0.25) is 0 Å². The number of hydrogen-bond acceptors (Lipinski definition) is 6. The van der Waals surface area contributed by atoms with Gasteiger partial charge in [-0.1, -0.05) is 13.3 Å². The second-order valence-electron chi connectivity index (χ2n) is 9.40. The van der Waals surface area contributed by atoms with Gasteiger partial charge >= 0.3 is 0 Å². The molecular formula is C25H37N3O6. The molecule has 1 fully saturated rings. The number of hydrogen-bond donors (Lipinski definition) is 1. The number of carbonyl (C=O) groups excluding carboxylic acids is 3. The highest BCUT2D eigenvalue weighted by Gasteiger charge is 2.31. The zero-order valence-corrected chi connectivity index (χ0v) is 20.8. The van der Waals surface area contributed by atoms with Crippen LogP contribution in [-0.2, 0) is 19.1 Å². The molecule has 1 aromatic carbocycles. The third kappa shape index (κ3) is 6.07.